The molecule has 0 saturated carbocycles. The van der Waals surface area contributed by atoms with Crippen molar-refractivity contribution in [3.63, 3.8) is 0 Å². The van der Waals surface area contributed by atoms with Crippen LogP contribution in [0.15, 0.2) is 30.3 Å². The van der Waals surface area contributed by atoms with Gasteiger partial charge in [-0.1, -0.05) is 68.9 Å². The Balaban J connectivity index is 1.86. The Labute approximate surface area is 188 Å². The van der Waals surface area contributed by atoms with Gasteiger partial charge in [-0.3, -0.25) is 0 Å². The van der Waals surface area contributed by atoms with Crippen LogP contribution in [0.1, 0.15) is 71.3 Å². The summed E-state index contributed by atoms with van der Waals surface area (Å²) in [6, 6.07) is 10.1. The van der Waals surface area contributed by atoms with Crippen molar-refractivity contribution < 1.29 is 23.7 Å². The molecule has 0 unspecified atom stereocenters. The molecule has 1 aromatic carbocycles. The maximum Gasteiger partial charge on any atom is 0.164 e. The summed E-state index contributed by atoms with van der Waals surface area (Å²) < 4.78 is 28.9. The zero-order valence-electron chi connectivity index (χ0n) is 19.7. The van der Waals surface area contributed by atoms with Crippen LogP contribution in [-0.4, -0.2) is 44.6 Å². The molecule has 5 heteroatoms. The number of rotatable bonds is 13. The van der Waals surface area contributed by atoms with Crippen LogP contribution in [-0.2, 0) is 30.3 Å². The smallest absolute Gasteiger partial charge is 0.164 e. The number of hydrogen-bond donors (Lipinski definition) is 0. The lowest BCUT2D eigenvalue weighted by molar-refractivity contribution is -0.298. The van der Waals surface area contributed by atoms with Crippen molar-refractivity contribution in [2.75, 3.05) is 20.5 Å². The topological polar surface area (TPSA) is 46.2 Å². The fourth-order valence-electron chi connectivity index (χ4n) is 3.50. The zero-order valence-corrected chi connectivity index (χ0v) is 19.7. The molecule has 1 aliphatic rings. The maximum absolute atomic E-state index is 6.09. The molecule has 0 aromatic heterocycles. The molecular weight excluding hydrogens is 392 g/mol. The minimum absolute atomic E-state index is 0.184. The molecule has 0 radical (unpaired) electrons. The lowest BCUT2D eigenvalue weighted by atomic mass is 10.1. The predicted octanol–water partition coefficient (Wildman–Crippen LogP) is 5.47. The van der Waals surface area contributed by atoms with Gasteiger partial charge in [0.05, 0.1) is 19.3 Å². The Morgan fingerprint density at radius 1 is 1.13 bits per heavy atom. The molecule has 0 spiro atoms. The van der Waals surface area contributed by atoms with Gasteiger partial charge in [0.15, 0.2) is 5.79 Å². The molecule has 174 valence electrons. The first kappa shape index (κ1) is 25.8. The molecule has 5 nitrogen and oxygen atoms in total. The molecule has 0 aliphatic carbocycles. The highest BCUT2D eigenvalue weighted by Gasteiger charge is 2.36. The quantitative estimate of drug-likeness (QED) is 0.235. The molecule has 1 fully saturated rings. The summed E-state index contributed by atoms with van der Waals surface area (Å²) in [7, 11) is 1.66. The van der Waals surface area contributed by atoms with E-state index >= 15 is 0 Å². The highest BCUT2D eigenvalue weighted by molar-refractivity contribution is 5.14. The van der Waals surface area contributed by atoms with Crippen molar-refractivity contribution in [3.05, 3.63) is 35.9 Å². The van der Waals surface area contributed by atoms with Gasteiger partial charge in [0.2, 0.25) is 0 Å². The normalized spacial score (nSPS) is 21.3. The number of benzene rings is 1. The second-order valence-electron chi connectivity index (χ2n) is 8.49. The van der Waals surface area contributed by atoms with Crippen LogP contribution < -0.4 is 0 Å². The van der Waals surface area contributed by atoms with Gasteiger partial charge in [0.25, 0.3) is 0 Å². The Morgan fingerprint density at radius 3 is 2.68 bits per heavy atom. The first-order chi connectivity index (χ1) is 15.0. The summed E-state index contributed by atoms with van der Waals surface area (Å²) in [6.45, 7) is 7.38. The molecule has 3 atom stereocenters. The molecule has 1 heterocycles. The van der Waals surface area contributed by atoms with Crippen molar-refractivity contribution >= 4 is 0 Å². The third kappa shape index (κ3) is 10.6. The van der Waals surface area contributed by atoms with Gasteiger partial charge < -0.3 is 23.7 Å². The minimum atomic E-state index is -0.657. The van der Waals surface area contributed by atoms with E-state index in [1.165, 1.54) is 25.7 Å². The molecule has 1 saturated heterocycles. The minimum Gasteiger partial charge on any atom is -0.367 e. The first-order valence-corrected chi connectivity index (χ1v) is 11.6. The number of hydrogen-bond acceptors (Lipinski definition) is 5. The number of methoxy groups -OCH3 is 1. The predicted molar refractivity (Wildman–Crippen MR) is 122 cm³/mol. The lowest BCUT2D eigenvalue weighted by Crippen LogP contribution is -2.49. The van der Waals surface area contributed by atoms with E-state index in [0.29, 0.717) is 20.0 Å². The van der Waals surface area contributed by atoms with Crippen LogP contribution in [0, 0.1) is 11.8 Å². The van der Waals surface area contributed by atoms with E-state index in [1.807, 2.05) is 32.0 Å². The monoisotopic (exact) mass is 432 g/mol. The Morgan fingerprint density at radius 2 is 1.94 bits per heavy atom. The lowest BCUT2D eigenvalue weighted by Gasteiger charge is -2.38. The second kappa shape index (κ2) is 14.6. The van der Waals surface area contributed by atoms with Gasteiger partial charge in [-0.15, -0.1) is 5.92 Å². The molecule has 0 bridgehead atoms. The molecule has 0 amide bonds. The summed E-state index contributed by atoms with van der Waals surface area (Å²) >= 11 is 0. The van der Waals surface area contributed by atoms with Crippen molar-refractivity contribution in [2.24, 2.45) is 0 Å². The van der Waals surface area contributed by atoms with E-state index in [-0.39, 0.29) is 18.3 Å². The van der Waals surface area contributed by atoms with Crippen molar-refractivity contribution in [2.45, 2.75) is 96.4 Å². The molecule has 2 rings (SSSR count). The van der Waals surface area contributed by atoms with Crippen LogP contribution in [0.25, 0.3) is 0 Å². The van der Waals surface area contributed by atoms with Crippen LogP contribution >= 0.6 is 0 Å². The zero-order chi connectivity index (χ0) is 22.4. The van der Waals surface area contributed by atoms with Crippen LogP contribution in [0.4, 0.5) is 0 Å². The summed E-state index contributed by atoms with van der Waals surface area (Å²) in [4.78, 5) is 0. The first-order valence-electron chi connectivity index (χ1n) is 11.6. The van der Waals surface area contributed by atoms with Crippen LogP contribution in [0.2, 0.25) is 0 Å². The third-order valence-corrected chi connectivity index (χ3v) is 5.29. The van der Waals surface area contributed by atoms with Gasteiger partial charge in [0.1, 0.15) is 19.0 Å². The molecular formula is C26H40O5. The summed E-state index contributed by atoms with van der Waals surface area (Å²) in [5, 5.41) is 0. The van der Waals surface area contributed by atoms with E-state index in [0.717, 1.165) is 24.8 Å². The average molecular weight is 433 g/mol. The molecule has 0 N–H and O–H groups in total. The van der Waals surface area contributed by atoms with Gasteiger partial charge >= 0.3 is 0 Å². The van der Waals surface area contributed by atoms with Crippen molar-refractivity contribution in [1.82, 2.24) is 0 Å². The summed E-state index contributed by atoms with van der Waals surface area (Å²) in [5.41, 5.74) is 1.13. The van der Waals surface area contributed by atoms with E-state index in [1.54, 1.807) is 7.11 Å². The van der Waals surface area contributed by atoms with Gasteiger partial charge in [-0.2, -0.15) is 0 Å². The Bertz CT molecular complexity index is 649. The summed E-state index contributed by atoms with van der Waals surface area (Å²) in [5.74, 6) is 5.93. The average Bonchev–Trinajstić information content (AvgIpc) is 2.77. The highest BCUT2D eigenvalue weighted by atomic mass is 16.7. The van der Waals surface area contributed by atoms with Crippen LogP contribution in [0.3, 0.4) is 0 Å². The molecule has 1 aromatic rings. The largest absolute Gasteiger partial charge is 0.367 e. The summed E-state index contributed by atoms with van der Waals surface area (Å²) in [6.07, 6.45) is 7.31. The van der Waals surface area contributed by atoms with Gasteiger partial charge in [-0.25, -0.2) is 0 Å². The number of unbranched alkanes of at least 4 members (excludes halogenated alkanes) is 3. The van der Waals surface area contributed by atoms with Crippen LogP contribution in [0.5, 0.6) is 0 Å². The van der Waals surface area contributed by atoms with Gasteiger partial charge in [0, 0.05) is 13.5 Å². The second-order valence-corrected chi connectivity index (χ2v) is 8.49. The Hall–Kier alpha value is -1.42. The van der Waals surface area contributed by atoms with Gasteiger partial charge in [-0.05, 0) is 32.3 Å². The molecule has 1 aliphatic heterocycles. The third-order valence-electron chi connectivity index (χ3n) is 5.29. The molecule has 31 heavy (non-hydrogen) atoms. The fraction of sp³-hybridized carbons (Fsp3) is 0.692. The maximum atomic E-state index is 6.09. The van der Waals surface area contributed by atoms with E-state index < -0.39 is 5.79 Å². The van der Waals surface area contributed by atoms with E-state index in [4.69, 9.17) is 23.7 Å². The van der Waals surface area contributed by atoms with E-state index in [9.17, 15) is 0 Å². The SMILES string of the molecule is CCCCCC[C@H](CCC#C[C@@H]1OC(C)(C)OC[C@@H]1OCc1ccccc1)OCOC. The van der Waals surface area contributed by atoms with Crippen molar-refractivity contribution in [3.8, 4) is 11.8 Å². The van der Waals surface area contributed by atoms with Crippen molar-refractivity contribution in [1.29, 1.82) is 0 Å². The number of ether oxygens (including phenoxy) is 5. The standard InChI is InChI=1S/C26H40O5/c1-5-6-7-11-16-23(29-21-27-4)17-12-13-18-24-25(20-30-26(2,3)31-24)28-19-22-14-9-8-10-15-22/h8-10,14-15,23-25H,5-7,11-12,16-17,19-21H2,1-4H3/t23-,24+,25+/m1/s1. The van der Waals surface area contributed by atoms with E-state index in [2.05, 4.69) is 30.9 Å². The Kier molecular flexibility index (Phi) is 12.2. The highest BCUT2D eigenvalue weighted by Crippen LogP contribution is 2.24. The fourth-order valence-corrected chi connectivity index (χ4v) is 3.50.